The number of hydrogen-bond acceptors (Lipinski definition) is 3. The van der Waals surface area contributed by atoms with Gasteiger partial charge in [-0.2, -0.15) is 0 Å². The van der Waals surface area contributed by atoms with Crippen LogP contribution in [0.2, 0.25) is 0 Å². The van der Waals surface area contributed by atoms with Gasteiger partial charge in [-0.05, 0) is 51.5 Å². The molecule has 0 unspecified atom stereocenters. The maximum Gasteiger partial charge on any atom is 0.263 e. The summed E-state index contributed by atoms with van der Waals surface area (Å²) in [6.45, 7) is 2.76. The highest BCUT2D eigenvalue weighted by atomic mass is 79.9. The molecule has 96 valence electrons. The predicted octanol–water partition coefficient (Wildman–Crippen LogP) is 4.41. The van der Waals surface area contributed by atoms with Crippen LogP contribution in [0.5, 0.6) is 0 Å². The minimum absolute atomic E-state index is 0.0991. The van der Waals surface area contributed by atoms with Gasteiger partial charge in [0.1, 0.15) is 0 Å². The van der Waals surface area contributed by atoms with Gasteiger partial charge < -0.3 is 4.90 Å². The van der Waals surface area contributed by atoms with E-state index in [1.165, 1.54) is 4.88 Å². The Hall–Kier alpha value is -0.650. The Morgan fingerprint density at radius 1 is 1.44 bits per heavy atom. The number of nitrogens with zero attached hydrogens (tertiary/aromatic N) is 1. The van der Waals surface area contributed by atoms with Gasteiger partial charge >= 0.3 is 0 Å². The molecule has 0 N–H and O–H groups in total. The zero-order valence-electron chi connectivity index (χ0n) is 10.3. The van der Waals surface area contributed by atoms with E-state index in [9.17, 15) is 4.79 Å². The van der Waals surface area contributed by atoms with Crippen LogP contribution in [-0.2, 0) is 13.0 Å². The minimum Gasteiger partial charge on any atom is -0.337 e. The topological polar surface area (TPSA) is 20.3 Å². The molecule has 0 atom stereocenters. The molecule has 2 nitrogen and oxygen atoms in total. The fourth-order valence-electron chi connectivity index (χ4n) is 1.65. The van der Waals surface area contributed by atoms with Gasteiger partial charge in [0, 0.05) is 18.5 Å². The number of amides is 1. The van der Waals surface area contributed by atoms with Gasteiger partial charge in [0.2, 0.25) is 0 Å². The number of halogens is 1. The Balaban J connectivity index is 2.04. The van der Waals surface area contributed by atoms with E-state index in [1.807, 2.05) is 19.2 Å². The monoisotopic (exact) mass is 343 g/mol. The summed E-state index contributed by atoms with van der Waals surface area (Å²) in [4.78, 5) is 16.1. The van der Waals surface area contributed by atoms with Crippen LogP contribution in [0.3, 0.4) is 0 Å². The van der Waals surface area contributed by atoms with E-state index in [4.69, 9.17) is 0 Å². The normalized spacial score (nSPS) is 10.6. The lowest BCUT2D eigenvalue weighted by Gasteiger charge is -2.15. The van der Waals surface area contributed by atoms with E-state index in [1.54, 1.807) is 27.6 Å². The molecule has 2 rings (SSSR count). The van der Waals surface area contributed by atoms with Crippen LogP contribution >= 0.6 is 38.6 Å². The standard InChI is InChI=1S/C13H14BrNOS2/c1-3-10-4-5-11(18-10)13(16)15(2)7-9-6-12(14)17-8-9/h4-6,8H,3,7H2,1-2H3. The molecule has 0 aromatic carbocycles. The number of hydrogen-bond donors (Lipinski definition) is 0. The highest BCUT2D eigenvalue weighted by Crippen LogP contribution is 2.23. The second kappa shape index (κ2) is 5.99. The van der Waals surface area contributed by atoms with E-state index < -0.39 is 0 Å². The van der Waals surface area contributed by atoms with E-state index in [0.29, 0.717) is 6.54 Å². The number of carbonyl (C=O) groups is 1. The van der Waals surface area contributed by atoms with Crippen LogP contribution in [0.4, 0.5) is 0 Å². The average molecular weight is 344 g/mol. The molecule has 0 radical (unpaired) electrons. The van der Waals surface area contributed by atoms with Crippen molar-refractivity contribution in [3.63, 3.8) is 0 Å². The van der Waals surface area contributed by atoms with Crippen molar-refractivity contribution in [3.8, 4) is 0 Å². The first kappa shape index (κ1) is 13.8. The van der Waals surface area contributed by atoms with Crippen LogP contribution in [0.1, 0.15) is 27.0 Å². The van der Waals surface area contributed by atoms with E-state index in [2.05, 4.69) is 34.3 Å². The zero-order chi connectivity index (χ0) is 13.1. The number of thiophene rings is 2. The molecular weight excluding hydrogens is 330 g/mol. The van der Waals surface area contributed by atoms with Crippen LogP contribution in [0.25, 0.3) is 0 Å². The second-order valence-corrected chi connectivity index (χ2v) is 7.50. The molecule has 0 aliphatic heterocycles. The highest BCUT2D eigenvalue weighted by Gasteiger charge is 2.14. The summed E-state index contributed by atoms with van der Waals surface area (Å²) in [5.74, 6) is 0.0991. The molecule has 2 aromatic rings. The lowest BCUT2D eigenvalue weighted by Crippen LogP contribution is -2.25. The van der Waals surface area contributed by atoms with Crippen LogP contribution in [-0.4, -0.2) is 17.9 Å². The Morgan fingerprint density at radius 2 is 2.22 bits per heavy atom. The molecule has 0 fully saturated rings. The van der Waals surface area contributed by atoms with Crippen LogP contribution < -0.4 is 0 Å². The van der Waals surface area contributed by atoms with Crippen molar-refractivity contribution in [3.05, 3.63) is 42.7 Å². The SMILES string of the molecule is CCc1ccc(C(=O)N(C)Cc2csc(Br)c2)s1. The van der Waals surface area contributed by atoms with Crippen molar-refractivity contribution in [2.75, 3.05) is 7.05 Å². The Kier molecular flexibility index (Phi) is 4.59. The van der Waals surface area contributed by atoms with Gasteiger partial charge in [0.05, 0.1) is 8.66 Å². The van der Waals surface area contributed by atoms with Gasteiger partial charge in [-0.1, -0.05) is 6.92 Å². The smallest absolute Gasteiger partial charge is 0.263 e. The van der Waals surface area contributed by atoms with Crippen LogP contribution in [0.15, 0.2) is 27.4 Å². The summed E-state index contributed by atoms with van der Waals surface area (Å²) in [7, 11) is 1.85. The van der Waals surface area contributed by atoms with Gasteiger partial charge in [-0.3, -0.25) is 4.79 Å². The highest BCUT2D eigenvalue weighted by molar-refractivity contribution is 9.11. The summed E-state index contributed by atoms with van der Waals surface area (Å²) >= 11 is 6.66. The first-order valence-corrected chi connectivity index (χ1v) is 8.16. The molecule has 2 heterocycles. The maximum absolute atomic E-state index is 12.2. The summed E-state index contributed by atoms with van der Waals surface area (Å²) in [5, 5.41) is 2.07. The Labute approximate surface area is 123 Å². The summed E-state index contributed by atoms with van der Waals surface area (Å²) in [5.41, 5.74) is 1.16. The third kappa shape index (κ3) is 3.22. The fourth-order valence-corrected chi connectivity index (χ4v) is 3.79. The molecule has 1 amide bonds. The molecule has 0 saturated carbocycles. The van der Waals surface area contributed by atoms with Crippen molar-refractivity contribution in [1.29, 1.82) is 0 Å². The third-order valence-electron chi connectivity index (χ3n) is 2.61. The molecule has 0 aliphatic carbocycles. The first-order valence-electron chi connectivity index (χ1n) is 5.67. The van der Waals surface area contributed by atoms with Gasteiger partial charge in [0.25, 0.3) is 5.91 Å². The molecular formula is C13H14BrNOS2. The lowest BCUT2D eigenvalue weighted by molar-refractivity contribution is 0.0790. The van der Waals surface area contributed by atoms with Crippen molar-refractivity contribution in [1.82, 2.24) is 4.90 Å². The van der Waals surface area contributed by atoms with Gasteiger partial charge in [-0.25, -0.2) is 0 Å². The van der Waals surface area contributed by atoms with Gasteiger partial charge in [-0.15, -0.1) is 22.7 Å². The third-order valence-corrected chi connectivity index (χ3v) is 5.38. The summed E-state index contributed by atoms with van der Waals surface area (Å²) in [6, 6.07) is 6.01. The quantitative estimate of drug-likeness (QED) is 0.805. The number of carbonyl (C=O) groups excluding carboxylic acids is 1. The molecule has 2 aromatic heterocycles. The van der Waals surface area contributed by atoms with E-state index in [-0.39, 0.29) is 5.91 Å². The molecule has 18 heavy (non-hydrogen) atoms. The summed E-state index contributed by atoms with van der Waals surface area (Å²) < 4.78 is 1.10. The number of aryl methyl sites for hydroxylation is 1. The van der Waals surface area contributed by atoms with Gasteiger partial charge in [0.15, 0.2) is 0 Å². The predicted molar refractivity (Wildman–Crippen MR) is 81.5 cm³/mol. The molecule has 0 spiro atoms. The first-order chi connectivity index (χ1) is 8.60. The molecule has 0 saturated heterocycles. The lowest BCUT2D eigenvalue weighted by atomic mass is 10.3. The number of rotatable bonds is 4. The van der Waals surface area contributed by atoms with Crippen molar-refractivity contribution >= 4 is 44.5 Å². The van der Waals surface area contributed by atoms with E-state index >= 15 is 0 Å². The molecule has 0 bridgehead atoms. The maximum atomic E-state index is 12.2. The average Bonchev–Trinajstić information content (AvgIpc) is 2.97. The van der Waals surface area contributed by atoms with Crippen molar-refractivity contribution in [2.45, 2.75) is 19.9 Å². The van der Waals surface area contributed by atoms with Crippen molar-refractivity contribution < 1.29 is 4.79 Å². The second-order valence-electron chi connectivity index (χ2n) is 4.04. The summed E-state index contributed by atoms with van der Waals surface area (Å²) in [6.07, 6.45) is 0.985. The Bertz CT molecular complexity index is 547. The fraction of sp³-hybridized carbons (Fsp3) is 0.308. The Morgan fingerprint density at radius 3 is 2.78 bits per heavy atom. The molecule has 0 aliphatic rings. The zero-order valence-corrected chi connectivity index (χ0v) is 13.5. The van der Waals surface area contributed by atoms with E-state index in [0.717, 1.165) is 20.6 Å². The molecule has 5 heteroatoms. The van der Waals surface area contributed by atoms with Crippen molar-refractivity contribution in [2.24, 2.45) is 0 Å². The van der Waals surface area contributed by atoms with Crippen LogP contribution in [0, 0.1) is 0 Å². The minimum atomic E-state index is 0.0991. The largest absolute Gasteiger partial charge is 0.337 e.